The van der Waals surface area contributed by atoms with Gasteiger partial charge in [0.15, 0.2) is 0 Å². The van der Waals surface area contributed by atoms with Gasteiger partial charge in [0, 0.05) is 0 Å². The summed E-state index contributed by atoms with van der Waals surface area (Å²) in [6.45, 7) is 0. The molecule has 0 amide bonds. The van der Waals surface area contributed by atoms with E-state index in [0.29, 0.717) is 0 Å². The van der Waals surface area contributed by atoms with Crippen LogP contribution in [0.15, 0.2) is 0 Å². The second-order valence-electron chi connectivity index (χ2n) is 0.250. The summed E-state index contributed by atoms with van der Waals surface area (Å²) in [5.74, 6) is 0. The fourth-order valence-corrected chi connectivity index (χ4v) is 0. The first kappa shape index (κ1) is 4.11. The summed E-state index contributed by atoms with van der Waals surface area (Å²) in [5.41, 5.74) is 0. The van der Waals surface area contributed by atoms with Crippen LogP contribution in [0.2, 0.25) is 0 Å². The number of hydrogen-bond acceptors (Lipinski definition) is 3. The molecule has 0 fully saturated rings. The fourth-order valence-electron chi connectivity index (χ4n) is 0. The van der Waals surface area contributed by atoms with Crippen molar-refractivity contribution >= 4 is 0 Å². The summed E-state index contributed by atoms with van der Waals surface area (Å²) in [7, 11) is 0. The van der Waals surface area contributed by atoms with Gasteiger partial charge in [-0.15, -0.1) is 0 Å². The maximum atomic E-state index is 8.58. The zero-order chi connectivity index (χ0) is 3.58. The molecule has 0 unspecified atom stereocenters. The fraction of sp³-hybridized carbons (Fsp3) is 0. The summed E-state index contributed by atoms with van der Waals surface area (Å²) >= 11 is -4.08. The Balaban J connectivity index is 4.65. The molecule has 0 aromatic rings. The van der Waals surface area contributed by atoms with E-state index in [1.165, 1.54) is 0 Å². The van der Waals surface area contributed by atoms with Gasteiger partial charge in [-0.2, -0.15) is 0 Å². The van der Waals surface area contributed by atoms with Gasteiger partial charge < -0.3 is 0 Å². The molecule has 0 aliphatic heterocycles. The average molecular weight is 95.9 g/mol. The van der Waals surface area contributed by atoms with E-state index in [2.05, 4.69) is 0 Å². The van der Waals surface area contributed by atoms with E-state index < -0.39 is 17.8 Å². The normalized spacial score (nSPS) is 3.75. The molecule has 0 bridgehead atoms. The van der Waals surface area contributed by atoms with Gasteiger partial charge in [0.2, 0.25) is 0 Å². The molecule has 0 aromatic heterocycles. The van der Waals surface area contributed by atoms with Gasteiger partial charge in [-0.3, -0.25) is 0 Å². The molecule has 0 N–H and O–H groups in total. The van der Waals surface area contributed by atoms with Crippen molar-refractivity contribution in [2.45, 2.75) is 0 Å². The monoisotopic (exact) mass is 95.9 g/mol. The predicted octanol–water partition coefficient (Wildman–Crippen LogP) is -0.359. The summed E-state index contributed by atoms with van der Waals surface area (Å²) in [4.78, 5) is 0. The molecule has 0 aliphatic rings. The standard InChI is InChI=1S/3O.Ti. The van der Waals surface area contributed by atoms with E-state index in [-0.39, 0.29) is 0 Å². The second-order valence-corrected chi connectivity index (χ2v) is 1.03. The Bertz CT molecular complexity index is 72.7. The minimum absolute atomic E-state index is 4.08. The van der Waals surface area contributed by atoms with Gasteiger partial charge in [-0.25, -0.2) is 0 Å². The third-order valence-electron chi connectivity index (χ3n) is 0. The Morgan fingerprint density at radius 3 is 1.00 bits per heavy atom. The molecular weight excluding hydrogens is 95.9 g/mol. The van der Waals surface area contributed by atoms with E-state index in [4.69, 9.17) is 9.97 Å². The molecule has 4 heavy (non-hydrogen) atoms. The molecule has 0 atom stereocenters. The van der Waals surface area contributed by atoms with E-state index in [1.807, 2.05) is 0 Å². The summed E-state index contributed by atoms with van der Waals surface area (Å²) < 4.78 is 25.8. The van der Waals surface area contributed by atoms with Crippen molar-refractivity contribution in [1.82, 2.24) is 0 Å². The van der Waals surface area contributed by atoms with Crippen LogP contribution in [-0.2, 0) is 27.8 Å². The molecule has 0 rings (SSSR count). The molecule has 3 nitrogen and oxygen atoms in total. The minimum atomic E-state index is -4.08. The van der Waals surface area contributed by atoms with Crippen LogP contribution in [0, 0.1) is 0 Å². The van der Waals surface area contributed by atoms with Crippen LogP contribution in [0.25, 0.3) is 0 Å². The molecule has 22 valence electrons. The van der Waals surface area contributed by atoms with Crippen molar-refractivity contribution in [2.75, 3.05) is 0 Å². The zero-order valence-corrected chi connectivity index (χ0v) is 3.29. The van der Waals surface area contributed by atoms with Crippen LogP contribution < -0.4 is 0 Å². The Morgan fingerprint density at radius 1 is 1.00 bits per heavy atom. The van der Waals surface area contributed by atoms with Crippen molar-refractivity contribution < 1.29 is 27.8 Å². The first-order chi connectivity index (χ1) is 1.73. The second kappa shape index (κ2) is 1.44. The quantitative estimate of drug-likeness (QED) is 0.387. The van der Waals surface area contributed by atoms with Crippen LogP contribution in [0.5, 0.6) is 0 Å². The van der Waals surface area contributed by atoms with Crippen LogP contribution in [0.1, 0.15) is 0 Å². The Morgan fingerprint density at radius 2 is 1.00 bits per heavy atom. The van der Waals surface area contributed by atoms with Crippen LogP contribution in [-0.4, -0.2) is 0 Å². The average Bonchev–Trinajstić information content (AvgIpc) is 0.811. The van der Waals surface area contributed by atoms with Gasteiger partial charge in [-0.05, 0) is 0 Å². The molecule has 0 saturated carbocycles. The van der Waals surface area contributed by atoms with Crippen molar-refractivity contribution in [2.24, 2.45) is 0 Å². The van der Waals surface area contributed by atoms with Gasteiger partial charge in [0.25, 0.3) is 0 Å². The van der Waals surface area contributed by atoms with E-state index in [1.54, 1.807) is 0 Å². The molecule has 0 saturated heterocycles. The van der Waals surface area contributed by atoms with Crippen LogP contribution in [0.4, 0.5) is 0 Å². The Labute approximate surface area is 28.4 Å². The molecular formula is O3Ti. The van der Waals surface area contributed by atoms with Crippen molar-refractivity contribution in [3.8, 4) is 0 Å². The van der Waals surface area contributed by atoms with E-state index in [0.717, 1.165) is 0 Å². The third-order valence-corrected chi connectivity index (χ3v) is 0. The summed E-state index contributed by atoms with van der Waals surface area (Å²) in [6.07, 6.45) is 0. The van der Waals surface area contributed by atoms with Crippen molar-refractivity contribution in [1.29, 1.82) is 0 Å². The first-order valence-electron chi connectivity index (χ1n) is 0.612. The Hall–Kier alpha value is 0.114. The van der Waals surface area contributed by atoms with E-state index >= 15 is 0 Å². The Kier molecular flexibility index (Phi) is 1.48. The third kappa shape index (κ3) is 201. The van der Waals surface area contributed by atoms with Crippen molar-refractivity contribution in [3.05, 3.63) is 0 Å². The number of hydrogen-bond donors (Lipinski definition) is 0. The summed E-state index contributed by atoms with van der Waals surface area (Å²) in [5, 5.41) is 0. The maximum absolute atomic E-state index is 8.58. The molecule has 0 aliphatic carbocycles. The first-order valence-corrected chi connectivity index (χ1v) is 2.52. The van der Waals surface area contributed by atoms with Gasteiger partial charge >= 0.3 is 27.8 Å². The zero-order valence-electron chi connectivity index (χ0n) is 1.72. The van der Waals surface area contributed by atoms with Crippen LogP contribution in [0.3, 0.4) is 0 Å². The van der Waals surface area contributed by atoms with Gasteiger partial charge in [-0.1, -0.05) is 0 Å². The van der Waals surface area contributed by atoms with E-state index in [9.17, 15) is 0 Å². The molecule has 0 radical (unpaired) electrons. The topological polar surface area (TPSA) is 51.2 Å². The van der Waals surface area contributed by atoms with Gasteiger partial charge in [0.1, 0.15) is 0 Å². The molecule has 0 spiro atoms. The molecule has 4 heteroatoms. The number of rotatable bonds is 0. The SMILES string of the molecule is [O]=[Ti](=[O])=[O]. The van der Waals surface area contributed by atoms with Crippen molar-refractivity contribution in [3.63, 3.8) is 0 Å². The summed E-state index contributed by atoms with van der Waals surface area (Å²) in [6, 6.07) is 0. The molecule has 0 aromatic carbocycles. The molecule has 0 heterocycles. The predicted molar refractivity (Wildman–Crippen MR) is 2.06 cm³/mol. The van der Waals surface area contributed by atoms with Gasteiger partial charge in [0.05, 0.1) is 0 Å². The van der Waals surface area contributed by atoms with Crippen LogP contribution >= 0.6 is 0 Å².